The minimum atomic E-state index is 0.365. The Bertz CT molecular complexity index is 207. The van der Waals surface area contributed by atoms with Gasteiger partial charge in [0.1, 0.15) is 5.78 Å². The molecule has 1 fully saturated rings. The molecule has 0 spiro atoms. The summed E-state index contributed by atoms with van der Waals surface area (Å²) in [5.74, 6) is 0.365. The summed E-state index contributed by atoms with van der Waals surface area (Å²) < 4.78 is 0. The normalized spacial score (nSPS) is 23.1. The van der Waals surface area contributed by atoms with Crippen molar-refractivity contribution >= 4 is 5.78 Å². The lowest BCUT2D eigenvalue weighted by atomic mass is 10.2. The summed E-state index contributed by atoms with van der Waals surface area (Å²) in [7, 11) is 1.99. The summed E-state index contributed by atoms with van der Waals surface area (Å²) in [4.78, 5) is 13.1. The zero-order valence-electron chi connectivity index (χ0n) is 7.42. The van der Waals surface area contributed by atoms with Gasteiger partial charge in [-0.15, -0.1) is 0 Å². The van der Waals surface area contributed by atoms with E-state index in [4.69, 9.17) is 5.26 Å². The second-order valence-corrected chi connectivity index (χ2v) is 3.32. The number of carbonyl (C=O) groups is 1. The summed E-state index contributed by atoms with van der Waals surface area (Å²) in [6.07, 6.45) is 2.94. The number of hydrogen-bond donors (Lipinski definition) is 0. The van der Waals surface area contributed by atoms with E-state index >= 15 is 0 Å². The van der Waals surface area contributed by atoms with Gasteiger partial charge < -0.3 is 4.90 Å². The zero-order valence-corrected chi connectivity index (χ0v) is 7.42. The average Bonchev–Trinajstić information content (AvgIpc) is 2.47. The lowest BCUT2D eigenvalue weighted by Gasteiger charge is -2.21. The largest absolute Gasteiger partial charge is 0.302 e. The molecule has 0 aromatic rings. The number of rotatable bonds is 3. The molecule has 0 aliphatic heterocycles. The first-order chi connectivity index (χ1) is 5.74. The van der Waals surface area contributed by atoms with Crippen LogP contribution in [0.1, 0.15) is 25.7 Å². The highest BCUT2D eigenvalue weighted by molar-refractivity contribution is 5.81. The summed E-state index contributed by atoms with van der Waals surface area (Å²) in [5, 5.41) is 8.37. The monoisotopic (exact) mass is 166 g/mol. The van der Waals surface area contributed by atoms with Gasteiger partial charge >= 0.3 is 0 Å². The fourth-order valence-corrected chi connectivity index (χ4v) is 1.58. The lowest BCUT2D eigenvalue weighted by molar-refractivity contribution is -0.117. The molecular formula is C9H14N2O. The number of Topliss-reactive ketones (excluding diaryl/α,β-unsaturated/α-hetero) is 1. The van der Waals surface area contributed by atoms with Crippen molar-refractivity contribution in [2.45, 2.75) is 31.7 Å². The van der Waals surface area contributed by atoms with E-state index in [1.807, 2.05) is 7.05 Å². The Balaban J connectivity index is 2.28. The van der Waals surface area contributed by atoms with E-state index in [2.05, 4.69) is 11.0 Å². The Hall–Kier alpha value is -0.880. The predicted molar refractivity (Wildman–Crippen MR) is 45.5 cm³/mol. The molecule has 0 aromatic heterocycles. The molecule has 0 amide bonds. The second kappa shape index (κ2) is 4.22. The van der Waals surface area contributed by atoms with E-state index in [0.29, 0.717) is 24.7 Å². The topological polar surface area (TPSA) is 44.1 Å². The molecule has 0 aromatic carbocycles. The molecule has 1 unspecified atom stereocenters. The van der Waals surface area contributed by atoms with E-state index in [1.165, 1.54) is 0 Å². The first-order valence-corrected chi connectivity index (χ1v) is 4.33. The Labute approximate surface area is 73.0 Å². The van der Waals surface area contributed by atoms with Crippen molar-refractivity contribution in [2.24, 2.45) is 0 Å². The van der Waals surface area contributed by atoms with E-state index in [-0.39, 0.29) is 0 Å². The molecule has 0 N–H and O–H groups in total. The second-order valence-electron chi connectivity index (χ2n) is 3.32. The van der Waals surface area contributed by atoms with Gasteiger partial charge in [-0.05, 0) is 13.5 Å². The van der Waals surface area contributed by atoms with Crippen LogP contribution >= 0.6 is 0 Å². The number of carbonyl (C=O) groups excluding carboxylic acids is 1. The molecular weight excluding hydrogens is 152 g/mol. The minimum Gasteiger partial charge on any atom is -0.302 e. The van der Waals surface area contributed by atoms with Crippen LogP contribution in [0.2, 0.25) is 0 Å². The van der Waals surface area contributed by atoms with Crippen molar-refractivity contribution in [2.75, 3.05) is 13.6 Å². The van der Waals surface area contributed by atoms with Crippen LogP contribution in [0.3, 0.4) is 0 Å². The molecule has 1 atom stereocenters. The van der Waals surface area contributed by atoms with Gasteiger partial charge in [0.25, 0.3) is 0 Å². The molecule has 0 radical (unpaired) electrons. The summed E-state index contributed by atoms with van der Waals surface area (Å²) in [5.41, 5.74) is 0. The average molecular weight is 166 g/mol. The van der Waals surface area contributed by atoms with E-state index < -0.39 is 0 Å². The van der Waals surface area contributed by atoms with Crippen LogP contribution in [0.15, 0.2) is 0 Å². The number of nitriles is 1. The highest BCUT2D eigenvalue weighted by atomic mass is 16.1. The van der Waals surface area contributed by atoms with Gasteiger partial charge in [0, 0.05) is 31.8 Å². The van der Waals surface area contributed by atoms with Crippen LogP contribution in [-0.2, 0) is 4.79 Å². The molecule has 66 valence electrons. The van der Waals surface area contributed by atoms with Crippen molar-refractivity contribution in [3.05, 3.63) is 0 Å². The summed E-state index contributed by atoms with van der Waals surface area (Å²) >= 11 is 0. The van der Waals surface area contributed by atoms with Crippen LogP contribution < -0.4 is 0 Å². The van der Waals surface area contributed by atoms with E-state index in [9.17, 15) is 4.79 Å². The zero-order chi connectivity index (χ0) is 8.97. The van der Waals surface area contributed by atoms with Gasteiger partial charge in [0.15, 0.2) is 0 Å². The van der Waals surface area contributed by atoms with E-state index in [1.54, 1.807) is 0 Å². The predicted octanol–water partition coefficient (Wildman–Crippen LogP) is 0.953. The van der Waals surface area contributed by atoms with Crippen molar-refractivity contribution in [3.63, 3.8) is 0 Å². The van der Waals surface area contributed by atoms with Crippen LogP contribution in [0, 0.1) is 11.3 Å². The van der Waals surface area contributed by atoms with Crippen LogP contribution in [-0.4, -0.2) is 30.3 Å². The van der Waals surface area contributed by atoms with Gasteiger partial charge in [0.05, 0.1) is 6.07 Å². The molecule has 0 bridgehead atoms. The first-order valence-electron chi connectivity index (χ1n) is 4.33. The number of nitrogens with zero attached hydrogens (tertiary/aromatic N) is 2. The smallest absolute Gasteiger partial charge is 0.134 e. The van der Waals surface area contributed by atoms with Crippen molar-refractivity contribution in [1.29, 1.82) is 5.26 Å². The highest BCUT2D eigenvalue weighted by Crippen LogP contribution is 2.19. The van der Waals surface area contributed by atoms with Crippen LogP contribution in [0.5, 0.6) is 0 Å². The third-order valence-electron chi connectivity index (χ3n) is 2.42. The standard InChI is InChI=1S/C9H14N2O/c1-11(6-2-5-10)8-3-4-9(12)7-8/h8H,2-4,6-7H2,1H3. The summed E-state index contributed by atoms with van der Waals surface area (Å²) in [6.45, 7) is 0.786. The fourth-order valence-electron chi connectivity index (χ4n) is 1.58. The Morgan fingerprint density at radius 1 is 1.75 bits per heavy atom. The molecule has 1 aliphatic carbocycles. The molecule has 1 aliphatic rings. The Kier molecular flexibility index (Phi) is 3.24. The lowest BCUT2D eigenvalue weighted by Crippen LogP contribution is -2.30. The molecule has 1 saturated carbocycles. The third kappa shape index (κ3) is 2.31. The van der Waals surface area contributed by atoms with Gasteiger partial charge in [-0.2, -0.15) is 5.26 Å². The van der Waals surface area contributed by atoms with Gasteiger partial charge in [0.2, 0.25) is 0 Å². The molecule has 0 saturated heterocycles. The van der Waals surface area contributed by atoms with E-state index in [0.717, 1.165) is 19.4 Å². The highest BCUT2D eigenvalue weighted by Gasteiger charge is 2.24. The molecule has 1 rings (SSSR count). The first kappa shape index (κ1) is 9.21. The SMILES string of the molecule is CN(CCC#N)C1CCC(=O)C1. The maximum absolute atomic E-state index is 10.9. The number of ketones is 1. The van der Waals surface area contributed by atoms with Crippen molar-refractivity contribution in [3.8, 4) is 6.07 Å². The van der Waals surface area contributed by atoms with Crippen LogP contribution in [0.4, 0.5) is 0 Å². The van der Waals surface area contributed by atoms with Crippen molar-refractivity contribution < 1.29 is 4.79 Å². The number of hydrogen-bond acceptors (Lipinski definition) is 3. The molecule has 12 heavy (non-hydrogen) atoms. The van der Waals surface area contributed by atoms with Gasteiger partial charge in [-0.1, -0.05) is 0 Å². The van der Waals surface area contributed by atoms with Crippen LogP contribution in [0.25, 0.3) is 0 Å². The Morgan fingerprint density at radius 3 is 3.00 bits per heavy atom. The minimum absolute atomic E-state index is 0.365. The molecule has 3 nitrogen and oxygen atoms in total. The maximum Gasteiger partial charge on any atom is 0.134 e. The molecule has 3 heteroatoms. The Morgan fingerprint density at radius 2 is 2.50 bits per heavy atom. The van der Waals surface area contributed by atoms with Crippen molar-refractivity contribution in [1.82, 2.24) is 4.90 Å². The summed E-state index contributed by atoms with van der Waals surface area (Å²) in [6, 6.07) is 2.50. The quantitative estimate of drug-likeness (QED) is 0.627. The maximum atomic E-state index is 10.9. The molecule has 0 heterocycles. The fraction of sp³-hybridized carbons (Fsp3) is 0.778. The van der Waals surface area contributed by atoms with Gasteiger partial charge in [-0.25, -0.2) is 0 Å². The van der Waals surface area contributed by atoms with Gasteiger partial charge in [-0.3, -0.25) is 4.79 Å². The third-order valence-corrected chi connectivity index (χ3v) is 2.42.